The topological polar surface area (TPSA) is 29.1 Å². The lowest BCUT2D eigenvalue weighted by molar-refractivity contribution is 0.0924. The smallest absolute Gasteiger partial charge is 0.257 e. The Morgan fingerprint density at radius 3 is 1.79 bits per heavy atom. The van der Waals surface area contributed by atoms with Crippen LogP contribution in [0.25, 0.3) is 0 Å². The minimum atomic E-state index is -2.28. The zero-order valence-corrected chi connectivity index (χ0v) is 10.9. The van der Waals surface area contributed by atoms with E-state index in [0.29, 0.717) is 18.2 Å². The molecule has 2 nitrogen and oxygen atoms in total. The van der Waals surface area contributed by atoms with Crippen molar-refractivity contribution in [2.24, 2.45) is 0 Å². The number of hydrogen-bond acceptors (Lipinski definition) is 1. The summed E-state index contributed by atoms with van der Waals surface area (Å²) in [6, 6.07) is 0. The number of alkyl halides is 1. The van der Waals surface area contributed by atoms with Crippen molar-refractivity contribution in [3.63, 3.8) is 0 Å². The minimum absolute atomic E-state index is 0.334. The highest BCUT2D eigenvalue weighted by Gasteiger charge is 2.44. The molecule has 0 aromatic heterocycles. The van der Waals surface area contributed by atoms with Gasteiger partial charge in [-0.25, -0.2) is 22.0 Å². The molecule has 1 aromatic rings. The van der Waals surface area contributed by atoms with E-state index in [4.69, 9.17) is 0 Å². The van der Waals surface area contributed by atoms with Crippen LogP contribution in [-0.2, 0) is 0 Å². The van der Waals surface area contributed by atoms with Crippen LogP contribution in [0, 0.1) is 29.1 Å². The maximum Gasteiger partial charge on any atom is 0.257 e. The summed E-state index contributed by atoms with van der Waals surface area (Å²) in [6.07, 6.45) is 1.14. The molecule has 1 aliphatic rings. The highest BCUT2D eigenvalue weighted by atomic mass is 79.9. The van der Waals surface area contributed by atoms with Gasteiger partial charge in [-0.3, -0.25) is 4.79 Å². The van der Waals surface area contributed by atoms with Crippen molar-refractivity contribution in [2.75, 3.05) is 5.33 Å². The van der Waals surface area contributed by atoms with Gasteiger partial charge in [-0.1, -0.05) is 15.9 Å². The molecule has 0 atom stereocenters. The molecule has 1 amide bonds. The third kappa shape index (κ3) is 2.33. The Labute approximate surface area is 113 Å². The van der Waals surface area contributed by atoms with Crippen molar-refractivity contribution in [3.8, 4) is 0 Å². The molecule has 0 radical (unpaired) electrons. The van der Waals surface area contributed by atoms with Gasteiger partial charge in [-0.15, -0.1) is 0 Å². The average Bonchev–Trinajstić information content (AvgIpc) is 3.14. The first kappa shape index (κ1) is 14.2. The second-order valence-corrected chi connectivity index (χ2v) is 4.87. The molecule has 1 aromatic carbocycles. The highest BCUT2D eigenvalue weighted by molar-refractivity contribution is 9.09. The predicted octanol–water partition coefficient (Wildman–Crippen LogP) is 3.04. The summed E-state index contributed by atoms with van der Waals surface area (Å²) in [5, 5.41) is 2.60. The van der Waals surface area contributed by atoms with Gasteiger partial charge in [-0.2, -0.15) is 0 Å². The Kier molecular flexibility index (Phi) is 3.55. The summed E-state index contributed by atoms with van der Waals surface area (Å²) in [4.78, 5) is 11.6. The van der Waals surface area contributed by atoms with Gasteiger partial charge in [-0.05, 0) is 12.8 Å². The van der Waals surface area contributed by atoms with Crippen LogP contribution < -0.4 is 5.32 Å². The molecule has 1 aliphatic carbocycles. The monoisotopic (exact) mass is 343 g/mol. The van der Waals surface area contributed by atoms with Gasteiger partial charge in [0.2, 0.25) is 5.82 Å². The second-order valence-electron chi connectivity index (χ2n) is 4.31. The third-order valence-electron chi connectivity index (χ3n) is 2.92. The molecule has 19 heavy (non-hydrogen) atoms. The van der Waals surface area contributed by atoms with Crippen molar-refractivity contribution in [3.05, 3.63) is 34.6 Å². The molecule has 0 spiro atoms. The van der Waals surface area contributed by atoms with E-state index in [-0.39, 0.29) is 0 Å². The molecule has 104 valence electrons. The van der Waals surface area contributed by atoms with Gasteiger partial charge in [0.25, 0.3) is 5.91 Å². The van der Waals surface area contributed by atoms with E-state index in [1.54, 1.807) is 0 Å². The van der Waals surface area contributed by atoms with Gasteiger partial charge in [0.05, 0.1) is 5.54 Å². The summed E-state index contributed by atoms with van der Waals surface area (Å²) in [6.45, 7) is 0. The van der Waals surface area contributed by atoms with Gasteiger partial charge < -0.3 is 5.32 Å². The first-order valence-electron chi connectivity index (χ1n) is 5.23. The molecule has 0 saturated heterocycles. The van der Waals surface area contributed by atoms with E-state index in [9.17, 15) is 26.7 Å². The number of rotatable bonds is 3. The van der Waals surface area contributed by atoms with E-state index in [0.717, 1.165) is 0 Å². The lowest BCUT2D eigenvalue weighted by atomic mass is 10.1. The lowest BCUT2D eigenvalue weighted by Gasteiger charge is -2.15. The third-order valence-corrected chi connectivity index (χ3v) is 4.00. The predicted molar refractivity (Wildman–Crippen MR) is 59.5 cm³/mol. The normalized spacial score (nSPS) is 16.3. The largest absolute Gasteiger partial charge is 0.346 e. The molecular formula is C11H7BrF5NO. The molecule has 0 unspecified atom stereocenters. The maximum absolute atomic E-state index is 13.4. The van der Waals surface area contributed by atoms with Gasteiger partial charge in [0.15, 0.2) is 23.3 Å². The summed E-state index contributed by atoms with van der Waals surface area (Å²) in [5.74, 6) is -12.1. The molecule has 1 N–H and O–H groups in total. The molecule has 1 fully saturated rings. The van der Waals surface area contributed by atoms with Gasteiger partial charge in [0, 0.05) is 5.33 Å². The SMILES string of the molecule is O=C(NC1(CBr)CC1)c1c(F)c(F)c(F)c(F)c1F. The zero-order valence-electron chi connectivity index (χ0n) is 9.30. The number of nitrogens with one attached hydrogen (secondary N) is 1. The Bertz CT molecular complexity index is 530. The molecule has 2 rings (SSSR count). The molecule has 0 aliphatic heterocycles. The standard InChI is InChI=1S/C11H7BrF5NO/c12-3-11(1-2-11)18-10(19)4-5(13)7(15)9(17)8(16)6(4)14/h1-3H2,(H,18,19). The minimum Gasteiger partial charge on any atom is -0.346 e. The Hall–Kier alpha value is -1.18. The fourth-order valence-electron chi connectivity index (χ4n) is 1.55. The van der Waals surface area contributed by atoms with Crippen LogP contribution in [-0.4, -0.2) is 16.8 Å². The van der Waals surface area contributed by atoms with Crippen LogP contribution >= 0.6 is 15.9 Å². The summed E-state index contributed by atoms with van der Waals surface area (Å²) in [5.41, 5.74) is -2.12. The number of hydrogen-bond donors (Lipinski definition) is 1. The van der Waals surface area contributed by atoms with Crippen molar-refractivity contribution < 1.29 is 26.7 Å². The molecule has 0 bridgehead atoms. The van der Waals surface area contributed by atoms with Crippen LogP contribution in [0.2, 0.25) is 0 Å². The van der Waals surface area contributed by atoms with Gasteiger partial charge >= 0.3 is 0 Å². The molecule has 0 heterocycles. The molecule has 8 heteroatoms. The molecular weight excluding hydrogens is 337 g/mol. The van der Waals surface area contributed by atoms with E-state index in [1.165, 1.54) is 0 Å². The lowest BCUT2D eigenvalue weighted by Crippen LogP contribution is -2.39. The van der Waals surface area contributed by atoms with E-state index in [1.807, 2.05) is 0 Å². The average molecular weight is 344 g/mol. The Balaban J connectivity index is 2.42. The van der Waals surface area contributed by atoms with Crippen LogP contribution in [0.4, 0.5) is 22.0 Å². The van der Waals surface area contributed by atoms with Crippen molar-refractivity contribution in [1.82, 2.24) is 5.32 Å². The summed E-state index contributed by atoms with van der Waals surface area (Å²) < 4.78 is 65.4. The van der Waals surface area contributed by atoms with E-state index >= 15 is 0 Å². The van der Waals surface area contributed by atoms with Crippen LogP contribution in [0.1, 0.15) is 23.2 Å². The Morgan fingerprint density at radius 2 is 1.42 bits per heavy atom. The van der Waals surface area contributed by atoms with Crippen molar-refractivity contribution in [2.45, 2.75) is 18.4 Å². The van der Waals surface area contributed by atoms with Gasteiger partial charge in [0.1, 0.15) is 5.56 Å². The first-order chi connectivity index (χ1) is 8.83. The fraction of sp³-hybridized carbons (Fsp3) is 0.364. The fourth-order valence-corrected chi connectivity index (χ4v) is 2.25. The zero-order chi connectivity index (χ0) is 14.4. The van der Waals surface area contributed by atoms with Crippen molar-refractivity contribution >= 4 is 21.8 Å². The van der Waals surface area contributed by atoms with Crippen molar-refractivity contribution in [1.29, 1.82) is 0 Å². The number of carbonyl (C=O) groups excluding carboxylic acids is 1. The highest BCUT2D eigenvalue weighted by Crippen LogP contribution is 2.37. The number of benzene rings is 1. The van der Waals surface area contributed by atoms with Crippen LogP contribution in [0.15, 0.2) is 0 Å². The maximum atomic E-state index is 13.4. The number of amides is 1. The first-order valence-corrected chi connectivity index (χ1v) is 6.35. The number of halogens is 6. The van der Waals surface area contributed by atoms with E-state index in [2.05, 4.69) is 21.2 Å². The van der Waals surface area contributed by atoms with E-state index < -0.39 is 46.1 Å². The van der Waals surface area contributed by atoms with Crippen LogP contribution in [0.3, 0.4) is 0 Å². The summed E-state index contributed by atoms with van der Waals surface area (Å²) in [7, 11) is 0. The Morgan fingerprint density at radius 1 is 1.00 bits per heavy atom. The second kappa shape index (κ2) is 4.73. The molecule has 1 saturated carbocycles. The van der Waals surface area contributed by atoms with Crippen LogP contribution in [0.5, 0.6) is 0 Å². The number of carbonyl (C=O) groups is 1. The quantitative estimate of drug-likeness (QED) is 0.388. The summed E-state index contributed by atoms with van der Waals surface area (Å²) >= 11 is 3.10.